The summed E-state index contributed by atoms with van der Waals surface area (Å²) in [6.45, 7) is 3.42. The number of carbonyl (C=O) groups is 2. The van der Waals surface area contributed by atoms with Gasteiger partial charge in [0, 0.05) is 6.20 Å². The Morgan fingerprint density at radius 2 is 1.94 bits per heavy atom. The molecule has 1 unspecified atom stereocenters. The van der Waals surface area contributed by atoms with Crippen LogP contribution < -0.4 is 10.6 Å². The van der Waals surface area contributed by atoms with Gasteiger partial charge in [-0.15, -0.1) is 0 Å². The molecule has 96 valence electrons. The molecule has 17 heavy (non-hydrogen) atoms. The van der Waals surface area contributed by atoms with Crippen LogP contribution in [0.4, 0.5) is 4.79 Å². The number of aliphatic carboxylic acids is 1. The minimum Gasteiger partial charge on any atom is -0.480 e. The predicted molar refractivity (Wildman–Crippen MR) is 64.5 cm³/mol. The van der Waals surface area contributed by atoms with Crippen molar-refractivity contribution in [1.82, 2.24) is 10.6 Å². The maximum absolute atomic E-state index is 11.3. The SMILES string of the molecule is C/C(=C\NC(=O)NC(C)C(=O)O)C1CCCC1. The minimum atomic E-state index is -1.04. The Kier molecular flexibility index (Phi) is 5.00. The number of amides is 2. The zero-order chi connectivity index (χ0) is 12.8. The first-order chi connectivity index (χ1) is 8.00. The van der Waals surface area contributed by atoms with E-state index in [-0.39, 0.29) is 0 Å². The Balaban J connectivity index is 2.35. The fourth-order valence-corrected chi connectivity index (χ4v) is 1.98. The van der Waals surface area contributed by atoms with Gasteiger partial charge in [0.2, 0.25) is 0 Å². The average Bonchev–Trinajstić information content (AvgIpc) is 2.79. The van der Waals surface area contributed by atoms with Crippen molar-refractivity contribution in [2.75, 3.05) is 0 Å². The maximum atomic E-state index is 11.3. The Labute approximate surface area is 101 Å². The van der Waals surface area contributed by atoms with E-state index in [4.69, 9.17) is 5.11 Å². The van der Waals surface area contributed by atoms with Crippen LogP contribution in [0.2, 0.25) is 0 Å². The summed E-state index contributed by atoms with van der Waals surface area (Å²) in [5, 5.41) is 13.5. The van der Waals surface area contributed by atoms with E-state index in [2.05, 4.69) is 10.6 Å². The third-order valence-corrected chi connectivity index (χ3v) is 3.15. The molecule has 3 N–H and O–H groups in total. The van der Waals surface area contributed by atoms with Crippen molar-refractivity contribution in [2.24, 2.45) is 5.92 Å². The third kappa shape index (κ3) is 4.46. The van der Waals surface area contributed by atoms with Gasteiger partial charge in [0.1, 0.15) is 6.04 Å². The Morgan fingerprint density at radius 3 is 2.47 bits per heavy atom. The average molecular weight is 240 g/mol. The van der Waals surface area contributed by atoms with Crippen LogP contribution >= 0.6 is 0 Å². The molecule has 1 saturated carbocycles. The first kappa shape index (κ1) is 13.5. The molecule has 5 nitrogen and oxygen atoms in total. The number of nitrogens with one attached hydrogen (secondary N) is 2. The van der Waals surface area contributed by atoms with E-state index in [9.17, 15) is 9.59 Å². The molecule has 0 aromatic carbocycles. The van der Waals surface area contributed by atoms with Gasteiger partial charge in [-0.2, -0.15) is 0 Å². The van der Waals surface area contributed by atoms with Crippen molar-refractivity contribution in [2.45, 2.75) is 45.6 Å². The van der Waals surface area contributed by atoms with Crippen LogP contribution in [0.3, 0.4) is 0 Å². The Morgan fingerprint density at radius 1 is 1.35 bits per heavy atom. The molecule has 0 aromatic rings. The van der Waals surface area contributed by atoms with Crippen LogP contribution in [-0.4, -0.2) is 23.1 Å². The highest BCUT2D eigenvalue weighted by Gasteiger charge is 2.17. The second-order valence-corrected chi connectivity index (χ2v) is 4.55. The number of urea groups is 1. The summed E-state index contributed by atoms with van der Waals surface area (Å²) in [5.74, 6) is -0.483. The van der Waals surface area contributed by atoms with E-state index >= 15 is 0 Å². The summed E-state index contributed by atoms with van der Waals surface area (Å²) in [6.07, 6.45) is 6.53. The maximum Gasteiger partial charge on any atom is 0.325 e. The molecule has 0 spiro atoms. The lowest BCUT2D eigenvalue weighted by atomic mass is 10.0. The molecule has 5 heteroatoms. The van der Waals surface area contributed by atoms with Crippen LogP contribution in [0, 0.1) is 5.92 Å². The standard InChI is InChI=1S/C12H20N2O3/c1-8(10-5-3-4-6-10)7-13-12(17)14-9(2)11(15)16/h7,9-10H,3-6H2,1-2H3,(H,15,16)(H2,13,14,17)/b8-7+. The van der Waals surface area contributed by atoms with E-state index in [0.717, 1.165) is 5.57 Å². The molecule has 0 radical (unpaired) electrons. The minimum absolute atomic E-state index is 0.475. The van der Waals surface area contributed by atoms with Crippen LogP contribution in [0.5, 0.6) is 0 Å². The first-order valence-electron chi connectivity index (χ1n) is 5.97. The summed E-state index contributed by atoms with van der Waals surface area (Å²) in [6, 6.07) is -1.35. The summed E-state index contributed by atoms with van der Waals surface area (Å²) in [7, 11) is 0. The highest BCUT2D eigenvalue weighted by atomic mass is 16.4. The first-order valence-corrected chi connectivity index (χ1v) is 5.97. The molecule has 1 atom stereocenters. The Hall–Kier alpha value is -1.52. The number of rotatable bonds is 4. The number of hydrogen-bond donors (Lipinski definition) is 3. The van der Waals surface area contributed by atoms with E-state index in [1.165, 1.54) is 32.6 Å². The summed E-state index contributed by atoms with van der Waals surface area (Å²) in [4.78, 5) is 21.9. The second kappa shape index (κ2) is 6.27. The zero-order valence-electron chi connectivity index (χ0n) is 10.3. The number of carboxylic acids is 1. The molecule has 0 bridgehead atoms. The normalized spacial score (nSPS) is 18.8. The van der Waals surface area contributed by atoms with Gasteiger partial charge in [0.15, 0.2) is 0 Å². The smallest absolute Gasteiger partial charge is 0.325 e. The molecule has 0 aliphatic heterocycles. The van der Waals surface area contributed by atoms with Crippen molar-refractivity contribution in [3.63, 3.8) is 0 Å². The molecular weight excluding hydrogens is 220 g/mol. The van der Waals surface area contributed by atoms with E-state index < -0.39 is 18.0 Å². The second-order valence-electron chi connectivity index (χ2n) is 4.55. The lowest BCUT2D eigenvalue weighted by Gasteiger charge is -2.11. The van der Waals surface area contributed by atoms with Crippen molar-refractivity contribution >= 4 is 12.0 Å². The number of carboxylic acid groups (broad SMARTS) is 1. The summed E-state index contributed by atoms with van der Waals surface area (Å²) >= 11 is 0. The zero-order valence-corrected chi connectivity index (χ0v) is 10.3. The molecule has 0 heterocycles. The number of hydrogen-bond acceptors (Lipinski definition) is 2. The van der Waals surface area contributed by atoms with Crippen molar-refractivity contribution in [3.8, 4) is 0 Å². The molecule has 1 rings (SSSR count). The van der Waals surface area contributed by atoms with E-state index in [1.54, 1.807) is 6.20 Å². The van der Waals surface area contributed by atoms with Gasteiger partial charge in [-0.3, -0.25) is 4.79 Å². The van der Waals surface area contributed by atoms with Gasteiger partial charge >= 0.3 is 12.0 Å². The van der Waals surface area contributed by atoms with Crippen molar-refractivity contribution < 1.29 is 14.7 Å². The molecule has 1 fully saturated rings. The molecule has 1 aliphatic carbocycles. The molecule has 0 saturated heterocycles. The van der Waals surface area contributed by atoms with Crippen LogP contribution in [0.25, 0.3) is 0 Å². The predicted octanol–water partition coefficient (Wildman–Crippen LogP) is 1.85. The van der Waals surface area contributed by atoms with Crippen LogP contribution in [-0.2, 0) is 4.79 Å². The van der Waals surface area contributed by atoms with Gasteiger partial charge < -0.3 is 15.7 Å². The molecule has 2 amide bonds. The van der Waals surface area contributed by atoms with Crippen LogP contribution in [0.1, 0.15) is 39.5 Å². The fourth-order valence-electron chi connectivity index (χ4n) is 1.98. The highest BCUT2D eigenvalue weighted by molar-refractivity contribution is 5.82. The largest absolute Gasteiger partial charge is 0.480 e. The summed E-state index contributed by atoms with van der Waals surface area (Å²) < 4.78 is 0. The molecule has 0 aromatic heterocycles. The monoisotopic (exact) mass is 240 g/mol. The number of carbonyl (C=O) groups excluding carboxylic acids is 1. The van der Waals surface area contributed by atoms with Gasteiger partial charge in [0.05, 0.1) is 0 Å². The van der Waals surface area contributed by atoms with Gasteiger partial charge in [0.25, 0.3) is 0 Å². The highest BCUT2D eigenvalue weighted by Crippen LogP contribution is 2.30. The van der Waals surface area contributed by atoms with E-state index in [0.29, 0.717) is 5.92 Å². The van der Waals surface area contributed by atoms with E-state index in [1.807, 2.05) is 6.92 Å². The van der Waals surface area contributed by atoms with Crippen LogP contribution in [0.15, 0.2) is 11.8 Å². The van der Waals surface area contributed by atoms with Crippen molar-refractivity contribution in [1.29, 1.82) is 0 Å². The lowest BCUT2D eigenvalue weighted by molar-refractivity contribution is -0.138. The topological polar surface area (TPSA) is 78.4 Å². The van der Waals surface area contributed by atoms with Gasteiger partial charge in [-0.1, -0.05) is 18.4 Å². The quantitative estimate of drug-likeness (QED) is 0.701. The third-order valence-electron chi connectivity index (χ3n) is 3.15. The Bertz CT molecular complexity index is 320. The molecular formula is C12H20N2O3. The fraction of sp³-hybridized carbons (Fsp3) is 0.667. The molecule has 1 aliphatic rings. The van der Waals surface area contributed by atoms with Crippen molar-refractivity contribution in [3.05, 3.63) is 11.8 Å². The van der Waals surface area contributed by atoms with Gasteiger partial charge in [-0.05, 0) is 32.6 Å². The summed E-state index contributed by atoms with van der Waals surface area (Å²) in [5.41, 5.74) is 1.15. The number of allylic oxidation sites excluding steroid dienone is 1. The van der Waals surface area contributed by atoms with Gasteiger partial charge in [-0.25, -0.2) is 4.79 Å². The lowest BCUT2D eigenvalue weighted by Crippen LogP contribution is -2.42.